The lowest BCUT2D eigenvalue weighted by atomic mass is 9.97. The molecular weight excluding hydrogens is 1420 g/mol. The van der Waals surface area contributed by atoms with E-state index in [1.165, 1.54) is 219 Å². The van der Waals surface area contributed by atoms with Crippen LogP contribution in [0.15, 0.2) is 170 Å². The Balaban J connectivity index is 1.14. The van der Waals surface area contributed by atoms with Crippen molar-refractivity contribution in [3.8, 4) is 11.5 Å². The summed E-state index contributed by atoms with van der Waals surface area (Å²) >= 11 is 0. The van der Waals surface area contributed by atoms with Gasteiger partial charge in [-0.15, -0.1) is 0 Å². The number of amides is 1. The van der Waals surface area contributed by atoms with E-state index in [2.05, 4.69) is 91.7 Å². The molecule has 7 rings (SSSR count). The predicted octanol–water partition coefficient (Wildman–Crippen LogP) is 25.3. The van der Waals surface area contributed by atoms with Gasteiger partial charge >= 0.3 is 0 Å². The van der Waals surface area contributed by atoms with Crippen LogP contribution < -0.4 is 14.8 Å². The molecule has 0 bridgehead atoms. The van der Waals surface area contributed by atoms with Crippen LogP contribution in [0.4, 0.5) is 0 Å². The topological polar surface area (TPSA) is 125 Å². The van der Waals surface area contributed by atoms with E-state index in [0.717, 1.165) is 89.8 Å². The quantitative estimate of drug-likeness (QED) is 0.0366. The summed E-state index contributed by atoms with van der Waals surface area (Å²) in [4.78, 5) is 18.0. The Labute approximate surface area is 692 Å². The fourth-order valence-corrected chi connectivity index (χ4v) is 15.7. The summed E-state index contributed by atoms with van der Waals surface area (Å²) in [6.07, 6.45) is 44.6. The van der Waals surface area contributed by atoms with Gasteiger partial charge in [-0.3, -0.25) is 4.79 Å². The Morgan fingerprint density at radius 3 is 1.11 bits per heavy atom. The molecule has 0 aliphatic carbocycles. The molecule has 13 heteroatoms. The SMILES string of the molecule is CCCCCCCCCCCCCC[C@@H](OCc1ccc(OC)cc1)[C@@H](OCc1ccc(OC)cc1)[C@H](CO[C@H]1O[C@H](COCc2ccccc2)[C@H](OCc2ccccc2)[C@H](OCc2ccccc2)[C@H]1OCc1ccccc1)NC(=O)CCCCCCCCN(CCCCCCCCCCCC)CCCCCCCCCCCC. The van der Waals surface area contributed by atoms with Gasteiger partial charge in [0.05, 0.1) is 79.2 Å². The van der Waals surface area contributed by atoms with Gasteiger partial charge < -0.3 is 57.6 Å². The number of unbranched alkanes of at least 4 members (excludes halogenated alkanes) is 34. The van der Waals surface area contributed by atoms with Crippen LogP contribution in [-0.2, 0) is 82.3 Å². The van der Waals surface area contributed by atoms with Gasteiger partial charge in [0.1, 0.15) is 42.0 Å². The van der Waals surface area contributed by atoms with Crippen molar-refractivity contribution in [2.24, 2.45) is 0 Å². The highest BCUT2D eigenvalue weighted by Gasteiger charge is 2.50. The lowest BCUT2D eigenvalue weighted by Gasteiger charge is -2.46. The van der Waals surface area contributed by atoms with Crippen molar-refractivity contribution in [1.82, 2.24) is 10.2 Å². The van der Waals surface area contributed by atoms with E-state index < -0.39 is 49.0 Å². The third kappa shape index (κ3) is 41.9. The van der Waals surface area contributed by atoms with Gasteiger partial charge in [-0.1, -0.05) is 385 Å². The number of nitrogens with zero attached hydrogens (tertiary/aromatic N) is 1. The third-order valence-electron chi connectivity index (χ3n) is 22.7. The van der Waals surface area contributed by atoms with E-state index in [0.29, 0.717) is 32.7 Å². The van der Waals surface area contributed by atoms with Gasteiger partial charge in [0, 0.05) is 6.42 Å². The van der Waals surface area contributed by atoms with E-state index in [4.69, 9.17) is 47.4 Å². The van der Waals surface area contributed by atoms with E-state index in [-0.39, 0.29) is 38.9 Å². The molecule has 114 heavy (non-hydrogen) atoms. The summed E-state index contributed by atoms with van der Waals surface area (Å²) in [7, 11) is 3.38. The van der Waals surface area contributed by atoms with E-state index in [1.807, 2.05) is 109 Å². The Bertz CT molecular complexity index is 3160. The second kappa shape index (κ2) is 63.2. The van der Waals surface area contributed by atoms with Crippen molar-refractivity contribution >= 4 is 5.91 Å². The first kappa shape index (κ1) is 95.2. The number of hydrogen-bond acceptors (Lipinski definition) is 12. The zero-order valence-electron chi connectivity index (χ0n) is 71.8. The molecule has 1 saturated heterocycles. The lowest BCUT2D eigenvalue weighted by Crippen LogP contribution is -2.62. The fraction of sp³-hybridized carbons (Fsp3) is 0.634. The first-order valence-electron chi connectivity index (χ1n) is 45.7. The van der Waals surface area contributed by atoms with Crippen molar-refractivity contribution in [2.75, 3.05) is 47.1 Å². The molecule has 0 spiro atoms. The number of nitrogens with one attached hydrogen (secondary N) is 1. The number of methoxy groups -OCH3 is 2. The number of ether oxygens (including phenoxy) is 10. The first-order chi connectivity index (χ1) is 56.4. The average Bonchev–Trinajstić information content (AvgIpc) is 0.785. The normalized spacial score (nSPS) is 16.5. The summed E-state index contributed by atoms with van der Waals surface area (Å²) in [5, 5.41) is 3.61. The molecule has 1 N–H and O–H groups in total. The highest BCUT2D eigenvalue weighted by atomic mass is 16.7. The Hall–Kier alpha value is -5.97. The molecular formula is C101H154N2O11. The third-order valence-corrected chi connectivity index (χ3v) is 22.7. The van der Waals surface area contributed by atoms with Crippen molar-refractivity contribution in [1.29, 1.82) is 0 Å². The molecule has 1 fully saturated rings. The molecule has 0 radical (unpaired) electrons. The van der Waals surface area contributed by atoms with Crippen LogP contribution in [-0.4, -0.2) is 107 Å². The number of carbonyl (C=O) groups is 1. The van der Waals surface area contributed by atoms with Crippen molar-refractivity contribution in [2.45, 2.75) is 366 Å². The number of carbonyl (C=O) groups excluding carboxylic acids is 1. The van der Waals surface area contributed by atoms with Gasteiger partial charge in [-0.25, -0.2) is 0 Å². The van der Waals surface area contributed by atoms with Gasteiger partial charge in [-0.2, -0.15) is 0 Å². The van der Waals surface area contributed by atoms with Crippen LogP contribution in [0.1, 0.15) is 311 Å². The Morgan fingerprint density at radius 1 is 0.360 bits per heavy atom. The second-order valence-electron chi connectivity index (χ2n) is 32.4. The highest BCUT2D eigenvalue weighted by molar-refractivity contribution is 5.76. The summed E-state index contributed by atoms with van der Waals surface area (Å²) in [6.45, 7) is 12.4. The van der Waals surface area contributed by atoms with Crippen molar-refractivity contribution in [3.63, 3.8) is 0 Å². The molecule has 1 amide bonds. The molecule has 0 saturated carbocycles. The van der Waals surface area contributed by atoms with Crippen molar-refractivity contribution < 1.29 is 52.2 Å². The maximum Gasteiger partial charge on any atom is 0.220 e. The number of benzene rings is 6. The molecule has 13 nitrogen and oxygen atoms in total. The minimum atomic E-state index is -1.04. The van der Waals surface area contributed by atoms with Crippen LogP contribution in [0.2, 0.25) is 0 Å². The summed E-state index contributed by atoms with van der Waals surface area (Å²) in [5.41, 5.74) is 6.00. The van der Waals surface area contributed by atoms with Crippen LogP contribution in [0.5, 0.6) is 11.5 Å². The molecule has 1 aliphatic heterocycles. The van der Waals surface area contributed by atoms with Crippen LogP contribution >= 0.6 is 0 Å². The summed E-state index contributed by atoms with van der Waals surface area (Å²) < 4.78 is 68.9. The molecule has 1 heterocycles. The van der Waals surface area contributed by atoms with E-state index >= 15 is 4.79 Å². The van der Waals surface area contributed by atoms with E-state index in [9.17, 15) is 0 Å². The molecule has 634 valence electrons. The first-order valence-corrected chi connectivity index (χ1v) is 45.7. The predicted molar refractivity (Wildman–Crippen MR) is 469 cm³/mol. The van der Waals surface area contributed by atoms with Crippen molar-refractivity contribution in [3.05, 3.63) is 203 Å². The maximum absolute atomic E-state index is 15.2. The van der Waals surface area contributed by atoms with Crippen LogP contribution in [0.3, 0.4) is 0 Å². The largest absolute Gasteiger partial charge is 0.497 e. The molecule has 6 aromatic rings. The van der Waals surface area contributed by atoms with E-state index in [1.54, 1.807) is 14.2 Å². The standard InChI is InChI=1S/C101H154N2O11/c1-6-9-12-15-18-21-24-25-26-29-34-51-64-94(108-78-89-66-70-91(105-4)71-67-89)97(109-82-90-68-72-92(106-5)73-69-90)93(102-96(104)65-52-35-30-33-38-55-76-103(74-53-36-31-27-22-19-16-13-10-7-2)75-54-37-32-28-23-20-17-14-11-8-3)83-113-101-100(112-81-88-62-49-42-50-63-88)99(111-80-87-60-47-41-48-61-87)98(110-79-86-58-45-40-46-59-86)95(114-101)84-107-77-85-56-43-39-44-57-85/h39-50,56-63,66-73,93-95,97-101H,6-38,51-55,64-65,74-84H2,1-5H3,(H,102,104)/t93-,94+,95+,97-,98-,99-,100+,101-/m0/s1. The Kier molecular flexibility index (Phi) is 52.7. The Morgan fingerprint density at radius 2 is 0.702 bits per heavy atom. The molecule has 6 aromatic carbocycles. The molecule has 0 unspecified atom stereocenters. The van der Waals surface area contributed by atoms with Gasteiger partial charge in [-0.05, 0) is 109 Å². The van der Waals surface area contributed by atoms with Crippen LogP contribution in [0.25, 0.3) is 0 Å². The average molecular weight is 1570 g/mol. The zero-order valence-corrected chi connectivity index (χ0v) is 71.8. The van der Waals surface area contributed by atoms with Gasteiger partial charge in [0.2, 0.25) is 5.91 Å². The highest BCUT2D eigenvalue weighted by Crippen LogP contribution is 2.34. The summed E-state index contributed by atoms with van der Waals surface area (Å²) in [5.74, 6) is 1.49. The minimum absolute atomic E-state index is 0.0103. The molecule has 1 aliphatic rings. The van der Waals surface area contributed by atoms with Gasteiger partial charge in [0.25, 0.3) is 0 Å². The maximum atomic E-state index is 15.2. The second-order valence-corrected chi connectivity index (χ2v) is 32.4. The number of rotatable bonds is 71. The summed E-state index contributed by atoms with van der Waals surface area (Å²) in [6, 6.07) is 56.2. The fourth-order valence-electron chi connectivity index (χ4n) is 15.7. The molecule has 8 atom stereocenters. The number of hydrogen-bond donors (Lipinski definition) is 1. The van der Waals surface area contributed by atoms with Gasteiger partial charge in [0.15, 0.2) is 6.29 Å². The lowest BCUT2D eigenvalue weighted by molar-refractivity contribution is -0.330. The van der Waals surface area contributed by atoms with Crippen LogP contribution in [0, 0.1) is 0 Å². The zero-order chi connectivity index (χ0) is 80.0. The smallest absolute Gasteiger partial charge is 0.220 e. The monoisotopic (exact) mass is 1570 g/mol. The minimum Gasteiger partial charge on any atom is -0.497 e. The molecule has 0 aromatic heterocycles.